The molecule has 1 rings (SSSR count). The van der Waals surface area contributed by atoms with E-state index in [-0.39, 0.29) is 18.4 Å². The maximum atomic E-state index is 12.2. The van der Waals surface area contributed by atoms with E-state index in [0.717, 1.165) is 6.42 Å². The Balaban J connectivity index is 2.65. The lowest BCUT2D eigenvalue weighted by atomic mass is 9.93. The first kappa shape index (κ1) is 15.6. The average molecular weight is 269 g/mol. The largest absolute Gasteiger partial charge is 0.330 e. The van der Waals surface area contributed by atoms with Crippen LogP contribution in [0.3, 0.4) is 0 Å². The summed E-state index contributed by atoms with van der Waals surface area (Å²) in [6.45, 7) is 6.16. The van der Waals surface area contributed by atoms with E-state index in [0.29, 0.717) is 18.9 Å². The molecule has 0 saturated carbocycles. The topological polar surface area (TPSA) is 92.5 Å². The van der Waals surface area contributed by atoms with Gasteiger partial charge in [0.2, 0.25) is 17.7 Å². The number of nitrogens with zero attached hydrogens (tertiary/aromatic N) is 1. The third-order valence-electron chi connectivity index (χ3n) is 3.35. The Kier molecular flexibility index (Phi) is 5.47. The number of piperazine rings is 1. The van der Waals surface area contributed by atoms with Crippen LogP contribution in [0.25, 0.3) is 0 Å². The van der Waals surface area contributed by atoms with Gasteiger partial charge < -0.3 is 10.6 Å². The van der Waals surface area contributed by atoms with Gasteiger partial charge in [-0.3, -0.25) is 19.7 Å². The van der Waals surface area contributed by atoms with Crippen LogP contribution >= 0.6 is 0 Å². The predicted molar refractivity (Wildman–Crippen MR) is 70.9 cm³/mol. The van der Waals surface area contributed by atoms with Gasteiger partial charge in [-0.15, -0.1) is 0 Å². The SMILES string of the molecule is CC(C)C[C@H](CN)CC(=O)N1CC(=O)NC(=O)C1C. The van der Waals surface area contributed by atoms with E-state index < -0.39 is 17.9 Å². The van der Waals surface area contributed by atoms with Gasteiger partial charge in [0.25, 0.3) is 0 Å². The van der Waals surface area contributed by atoms with Crippen molar-refractivity contribution in [2.45, 2.75) is 39.7 Å². The van der Waals surface area contributed by atoms with Crippen LogP contribution in [0.5, 0.6) is 0 Å². The zero-order chi connectivity index (χ0) is 14.6. The van der Waals surface area contributed by atoms with Crippen molar-refractivity contribution in [1.82, 2.24) is 10.2 Å². The standard InChI is InChI=1S/C13H23N3O3/c1-8(2)4-10(6-14)5-12(18)16-7-11(17)15-13(19)9(16)3/h8-10H,4-7,14H2,1-3H3,(H,15,17,19)/t9?,10-/m0/s1. The molecular weight excluding hydrogens is 246 g/mol. The number of hydrogen-bond acceptors (Lipinski definition) is 4. The summed E-state index contributed by atoms with van der Waals surface area (Å²) in [5, 5.41) is 2.22. The zero-order valence-corrected chi connectivity index (χ0v) is 11.8. The third kappa shape index (κ3) is 4.31. The summed E-state index contributed by atoms with van der Waals surface area (Å²) in [5.74, 6) is -0.459. The van der Waals surface area contributed by atoms with Crippen LogP contribution < -0.4 is 11.1 Å². The smallest absolute Gasteiger partial charge is 0.249 e. The van der Waals surface area contributed by atoms with Crippen LogP contribution in [0.1, 0.15) is 33.6 Å². The number of hydrogen-bond donors (Lipinski definition) is 2. The van der Waals surface area contributed by atoms with Crippen LogP contribution in [-0.4, -0.2) is 41.8 Å². The van der Waals surface area contributed by atoms with Gasteiger partial charge in [-0.1, -0.05) is 13.8 Å². The highest BCUT2D eigenvalue weighted by Gasteiger charge is 2.34. The molecule has 0 aliphatic carbocycles. The van der Waals surface area contributed by atoms with Crippen molar-refractivity contribution in [2.24, 2.45) is 17.6 Å². The molecule has 0 bridgehead atoms. The van der Waals surface area contributed by atoms with Crippen LogP contribution in [-0.2, 0) is 14.4 Å². The molecule has 0 aromatic carbocycles. The van der Waals surface area contributed by atoms with Gasteiger partial charge in [0, 0.05) is 6.42 Å². The first-order valence-electron chi connectivity index (χ1n) is 6.68. The molecule has 0 radical (unpaired) electrons. The first-order chi connectivity index (χ1) is 8.85. The number of imide groups is 1. The predicted octanol–water partition coefficient (Wildman–Crippen LogP) is -0.129. The Morgan fingerprint density at radius 3 is 2.63 bits per heavy atom. The minimum absolute atomic E-state index is 0.0509. The molecule has 1 fully saturated rings. The van der Waals surface area contributed by atoms with Crippen molar-refractivity contribution in [3.05, 3.63) is 0 Å². The normalized spacial score (nSPS) is 21.5. The maximum absolute atomic E-state index is 12.2. The summed E-state index contributed by atoms with van der Waals surface area (Å²) < 4.78 is 0. The van der Waals surface area contributed by atoms with Gasteiger partial charge in [-0.25, -0.2) is 0 Å². The van der Waals surface area contributed by atoms with Crippen LogP contribution in [0.2, 0.25) is 0 Å². The van der Waals surface area contributed by atoms with Gasteiger partial charge >= 0.3 is 0 Å². The van der Waals surface area contributed by atoms with Crippen molar-refractivity contribution in [2.75, 3.05) is 13.1 Å². The maximum Gasteiger partial charge on any atom is 0.249 e. The minimum Gasteiger partial charge on any atom is -0.330 e. The minimum atomic E-state index is -0.595. The van der Waals surface area contributed by atoms with Crippen molar-refractivity contribution in [3.63, 3.8) is 0 Å². The van der Waals surface area contributed by atoms with Crippen LogP contribution in [0, 0.1) is 11.8 Å². The van der Waals surface area contributed by atoms with Gasteiger partial charge in [0.05, 0.1) is 0 Å². The fourth-order valence-electron chi connectivity index (χ4n) is 2.31. The van der Waals surface area contributed by atoms with E-state index in [4.69, 9.17) is 5.73 Å². The fraction of sp³-hybridized carbons (Fsp3) is 0.769. The Hall–Kier alpha value is -1.43. The average Bonchev–Trinajstić information content (AvgIpc) is 2.32. The molecule has 0 aromatic rings. The number of amides is 3. The second-order valence-electron chi connectivity index (χ2n) is 5.55. The van der Waals surface area contributed by atoms with E-state index in [1.807, 2.05) is 0 Å². The molecule has 1 aliphatic rings. The number of nitrogens with one attached hydrogen (secondary N) is 1. The Morgan fingerprint density at radius 1 is 1.47 bits per heavy atom. The van der Waals surface area contributed by atoms with Gasteiger partial charge in [-0.05, 0) is 31.7 Å². The Morgan fingerprint density at radius 2 is 2.11 bits per heavy atom. The molecule has 1 aliphatic heterocycles. The second kappa shape index (κ2) is 6.65. The van der Waals surface area contributed by atoms with Crippen molar-refractivity contribution in [1.29, 1.82) is 0 Å². The number of carbonyl (C=O) groups is 3. The van der Waals surface area contributed by atoms with E-state index in [1.165, 1.54) is 4.90 Å². The van der Waals surface area contributed by atoms with Crippen molar-refractivity contribution in [3.8, 4) is 0 Å². The Bertz CT molecular complexity index is 368. The molecule has 6 nitrogen and oxygen atoms in total. The summed E-state index contributed by atoms with van der Waals surface area (Å²) >= 11 is 0. The summed E-state index contributed by atoms with van der Waals surface area (Å²) in [6, 6.07) is -0.595. The number of rotatable bonds is 5. The summed E-state index contributed by atoms with van der Waals surface area (Å²) in [4.78, 5) is 36.3. The van der Waals surface area contributed by atoms with Crippen LogP contribution in [0.15, 0.2) is 0 Å². The summed E-state index contributed by atoms with van der Waals surface area (Å²) in [7, 11) is 0. The molecule has 1 unspecified atom stereocenters. The molecule has 1 saturated heterocycles. The third-order valence-corrected chi connectivity index (χ3v) is 3.35. The lowest BCUT2D eigenvalue weighted by Gasteiger charge is -2.32. The number of nitrogens with two attached hydrogens (primary N) is 1. The monoisotopic (exact) mass is 269 g/mol. The molecule has 3 N–H and O–H groups in total. The highest BCUT2D eigenvalue weighted by atomic mass is 16.2. The summed E-state index contributed by atoms with van der Waals surface area (Å²) in [6.07, 6.45) is 1.16. The molecule has 6 heteroatoms. The molecule has 0 aromatic heterocycles. The van der Waals surface area contributed by atoms with Crippen molar-refractivity contribution >= 4 is 17.7 Å². The molecule has 19 heavy (non-hydrogen) atoms. The quantitative estimate of drug-likeness (QED) is 0.680. The van der Waals surface area contributed by atoms with Gasteiger partial charge in [0.1, 0.15) is 12.6 Å². The molecule has 0 spiro atoms. The molecule has 2 atom stereocenters. The van der Waals surface area contributed by atoms with E-state index in [1.54, 1.807) is 6.92 Å². The fourth-order valence-corrected chi connectivity index (χ4v) is 2.31. The van der Waals surface area contributed by atoms with Crippen molar-refractivity contribution < 1.29 is 14.4 Å². The highest BCUT2D eigenvalue weighted by Crippen LogP contribution is 2.17. The number of carbonyl (C=O) groups excluding carboxylic acids is 3. The Labute approximate surface area is 113 Å². The summed E-state index contributed by atoms with van der Waals surface area (Å²) in [5.41, 5.74) is 5.67. The van der Waals surface area contributed by atoms with E-state index in [2.05, 4.69) is 19.2 Å². The van der Waals surface area contributed by atoms with Gasteiger partial charge in [0.15, 0.2) is 0 Å². The van der Waals surface area contributed by atoms with E-state index in [9.17, 15) is 14.4 Å². The molecular formula is C13H23N3O3. The molecule has 3 amide bonds. The highest BCUT2D eigenvalue weighted by molar-refractivity contribution is 6.04. The molecule has 1 heterocycles. The molecule has 108 valence electrons. The first-order valence-corrected chi connectivity index (χ1v) is 6.68. The van der Waals surface area contributed by atoms with E-state index >= 15 is 0 Å². The van der Waals surface area contributed by atoms with Crippen LogP contribution in [0.4, 0.5) is 0 Å². The van der Waals surface area contributed by atoms with Gasteiger partial charge in [-0.2, -0.15) is 0 Å². The second-order valence-corrected chi connectivity index (χ2v) is 5.55. The lowest BCUT2D eigenvalue weighted by molar-refractivity contribution is -0.149. The lowest BCUT2D eigenvalue weighted by Crippen LogP contribution is -2.58. The zero-order valence-electron chi connectivity index (χ0n) is 11.8.